The molecule has 0 spiro atoms. The average Bonchev–Trinajstić information content (AvgIpc) is 3.21. The fourth-order valence-electron chi connectivity index (χ4n) is 3.05. The van der Waals surface area contributed by atoms with Gasteiger partial charge >= 0.3 is 30.4 Å². The van der Waals surface area contributed by atoms with Crippen molar-refractivity contribution in [2.75, 3.05) is 11.5 Å². The Kier molecular flexibility index (Phi) is 11.9. The van der Waals surface area contributed by atoms with E-state index in [4.69, 9.17) is 50.6 Å². The lowest BCUT2D eigenvalue weighted by molar-refractivity contribution is 0.121. The van der Waals surface area contributed by atoms with Crippen LogP contribution in [0, 0.1) is 13.8 Å². The van der Waals surface area contributed by atoms with Gasteiger partial charge in [0.2, 0.25) is 0 Å². The third kappa shape index (κ3) is 8.93. The fourth-order valence-corrected chi connectivity index (χ4v) is 9.18. The smallest absolute Gasteiger partial charge is 0.369 e. The molecular formula is C15H30N4O14P4S2. The number of anilines is 2. The van der Waals surface area contributed by atoms with Gasteiger partial charge in [0, 0.05) is 22.6 Å². The normalized spacial score (nSPS) is 13.7. The molecule has 0 atom stereocenters. The van der Waals surface area contributed by atoms with Crippen LogP contribution in [0.1, 0.15) is 40.4 Å². The van der Waals surface area contributed by atoms with Crippen molar-refractivity contribution in [3.05, 3.63) is 21.1 Å². The number of aliphatic hydroxyl groups is 2. The minimum Gasteiger partial charge on any atom is -0.375 e. The van der Waals surface area contributed by atoms with Gasteiger partial charge in [-0.15, -0.1) is 22.7 Å². The Morgan fingerprint density at radius 3 is 1.23 bits per heavy atom. The second kappa shape index (κ2) is 12.7. The average molecular weight is 678 g/mol. The number of aryl methyl sites for hydroxylation is 4. The largest absolute Gasteiger partial charge is 0.375 e. The van der Waals surface area contributed by atoms with Crippen LogP contribution < -0.4 is 11.5 Å². The molecule has 14 N–H and O–H groups in total. The van der Waals surface area contributed by atoms with Crippen LogP contribution in [0.25, 0.3) is 0 Å². The maximum atomic E-state index is 11.1. The van der Waals surface area contributed by atoms with Crippen molar-refractivity contribution in [3.63, 3.8) is 0 Å². The molecular weight excluding hydrogens is 648 g/mol. The summed E-state index contributed by atoms with van der Waals surface area (Å²) in [4.78, 5) is 80.7. The van der Waals surface area contributed by atoms with Crippen molar-refractivity contribution in [2.24, 2.45) is 0 Å². The minimum absolute atomic E-state index is 0.0325. The monoisotopic (exact) mass is 678 g/mol. The molecule has 0 aliphatic rings. The fraction of sp³-hybridized carbons (Fsp3) is 0.600. The summed E-state index contributed by atoms with van der Waals surface area (Å²) in [6.45, 7) is 3.29. The van der Waals surface area contributed by atoms with Gasteiger partial charge in [-0.25, -0.2) is 9.97 Å². The minimum atomic E-state index is -5.41. The standard InChI is InChI=1S/C8H16N2O7P2S.C7H14N2O7P2S/c1-5-6(20-7(9)10-5)3-2-4-8(11,18(12,13)14)19(15,16)17;1-4-5(19-6(8)9-4)2-3-7(10,17(11,12)13)18(14,15)16/h11H,2-4H2,1H3,(H2,9,10)(H2,12,13,14)(H2,15,16,17);10H,2-3H2,1H3,(H2,8,9)(H2,11,12,13)(H2,14,15,16). The summed E-state index contributed by atoms with van der Waals surface area (Å²) in [5, 5.41) is 13.1. The van der Waals surface area contributed by atoms with Crippen LogP contribution in [0.3, 0.4) is 0 Å². The van der Waals surface area contributed by atoms with Crippen LogP contribution >= 0.6 is 53.1 Å². The van der Waals surface area contributed by atoms with Crippen molar-refractivity contribution < 1.29 is 67.6 Å². The van der Waals surface area contributed by atoms with Gasteiger partial charge in [0.1, 0.15) is 0 Å². The molecule has 0 saturated carbocycles. The predicted molar refractivity (Wildman–Crippen MR) is 142 cm³/mol. The van der Waals surface area contributed by atoms with Crippen LogP contribution in [0.2, 0.25) is 0 Å². The highest BCUT2D eigenvalue weighted by Crippen LogP contribution is 2.70. The Morgan fingerprint density at radius 1 is 0.641 bits per heavy atom. The Bertz CT molecular complexity index is 1300. The van der Waals surface area contributed by atoms with Gasteiger partial charge in [-0.2, -0.15) is 0 Å². The second-order valence-electron chi connectivity index (χ2n) is 8.20. The zero-order valence-corrected chi connectivity index (χ0v) is 25.5. The highest BCUT2D eigenvalue weighted by Gasteiger charge is 2.59. The van der Waals surface area contributed by atoms with Gasteiger partial charge < -0.3 is 60.8 Å². The molecule has 0 unspecified atom stereocenters. The summed E-state index contributed by atoms with van der Waals surface area (Å²) < 4.78 is 44.5. The summed E-state index contributed by atoms with van der Waals surface area (Å²) in [6.07, 6.45) is -1.48. The maximum absolute atomic E-state index is 11.1. The van der Waals surface area contributed by atoms with Crippen LogP contribution in [0.4, 0.5) is 10.3 Å². The molecule has 0 fully saturated rings. The Morgan fingerprint density at radius 2 is 0.949 bits per heavy atom. The van der Waals surface area contributed by atoms with Crippen LogP contribution in [0.5, 0.6) is 0 Å². The van der Waals surface area contributed by atoms with E-state index in [1.165, 1.54) is 11.3 Å². The lowest BCUT2D eigenvalue weighted by atomic mass is 10.2. The van der Waals surface area contributed by atoms with E-state index in [0.29, 0.717) is 21.4 Å². The van der Waals surface area contributed by atoms with Gasteiger partial charge in [-0.3, -0.25) is 18.3 Å². The molecule has 39 heavy (non-hydrogen) atoms. The van der Waals surface area contributed by atoms with Crippen molar-refractivity contribution in [1.29, 1.82) is 0 Å². The molecule has 0 aromatic carbocycles. The van der Waals surface area contributed by atoms with E-state index in [-0.39, 0.29) is 24.4 Å². The Hall–Kier alpha value is -0.620. The van der Waals surface area contributed by atoms with E-state index in [1.54, 1.807) is 13.8 Å². The summed E-state index contributed by atoms with van der Waals surface area (Å²) >= 11 is 2.20. The molecule has 2 aromatic heterocycles. The molecule has 0 aliphatic heterocycles. The number of nitrogens with two attached hydrogens (primary N) is 2. The molecule has 226 valence electrons. The van der Waals surface area contributed by atoms with E-state index < -0.39 is 53.4 Å². The first-order chi connectivity index (χ1) is 17.3. The molecule has 0 amide bonds. The zero-order valence-electron chi connectivity index (χ0n) is 20.3. The molecule has 0 saturated heterocycles. The first kappa shape index (κ1) is 36.4. The van der Waals surface area contributed by atoms with Crippen LogP contribution in [-0.4, -0.2) is 69.5 Å². The van der Waals surface area contributed by atoms with Crippen molar-refractivity contribution in [3.8, 4) is 0 Å². The lowest BCUT2D eigenvalue weighted by Crippen LogP contribution is -2.29. The molecule has 2 rings (SSSR count). The number of hydrogen-bond acceptors (Lipinski definition) is 12. The number of rotatable bonds is 11. The third-order valence-electron chi connectivity index (χ3n) is 5.29. The molecule has 0 bridgehead atoms. The topological polar surface area (TPSA) is 348 Å². The number of nitrogen functional groups attached to an aromatic ring is 2. The Balaban J connectivity index is 0.000000391. The first-order valence-electron chi connectivity index (χ1n) is 10.4. The molecule has 24 heteroatoms. The summed E-state index contributed by atoms with van der Waals surface area (Å²) in [7, 11) is -21.6. The highest BCUT2D eigenvalue weighted by atomic mass is 32.1. The van der Waals surface area contributed by atoms with Crippen LogP contribution in [0.15, 0.2) is 0 Å². The van der Waals surface area contributed by atoms with E-state index in [2.05, 4.69) is 9.97 Å². The van der Waals surface area contributed by atoms with Gasteiger partial charge in [-0.05, 0) is 33.1 Å². The molecule has 2 aromatic rings. The Labute approximate surface area is 229 Å². The van der Waals surface area contributed by atoms with Gasteiger partial charge in [0.05, 0.1) is 11.4 Å². The van der Waals surface area contributed by atoms with E-state index in [9.17, 15) is 28.5 Å². The van der Waals surface area contributed by atoms with Crippen molar-refractivity contribution >= 4 is 63.3 Å². The number of hydrogen-bond donors (Lipinski definition) is 12. The van der Waals surface area contributed by atoms with Crippen LogP contribution in [-0.2, 0) is 31.1 Å². The summed E-state index contributed by atoms with van der Waals surface area (Å²) in [5.41, 5.74) is 12.0. The third-order valence-corrected chi connectivity index (χ3v) is 15.1. The van der Waals surface area contributed by atoms with Crippen molar-refractivity contribution in [2.45, 2.75) is 56.1 Å². The zero-order chi connectivity index (χ0) is 30.8. The predicted octanol–water partition coefficient (Wildman–Crippen LogP) is 0.326. The first-order valence-corrected chi connectivity index (χ1v) is 18.5. The van der Waals surface area contributed by atoms with Gasteiger partial charge in [-0.1, -0.05) is 0 Å². The number of nitrogens with zero attached hydrogens (tertiary/aromatic N) is 2. The van der Waals surface area contributed by atoms with Gasteiger partial charge in [0.25, 0.3) is 10.2 Å². The molecule has 0 aliphatic carbocycles. The van der Waals surface area contributed by atoms with E-state index in [0.717, 1.165) is 16.2 Å². The molecule has 18 nitrogen and oxygen atoms in total. The number of aromatic nitrogens is 2. The SMILES string of the molecule is Cc1nc(N)sc1CCC(O)(P(=O)(O)O)P(=O)(O)O.Cc1nc(N)sc1CCCC(O)(P(=O)(O)O)P(=O)(O)O. The summed E-state index contributed by atoms with van der Waals surface area (Å²) in [6, 6.07) is 0. The van der Waals surface area contributed by atoms with Crippen molar-refractivity contribution in [1.82, 2.24) is 9.97 Å². The summed E-state index contributed by atoms with van der Waals surface area (Å²) in [5.74, 6) is 0. The molecule has 0 radical (unpaired) electrons. The highest BCUT2D eigenvalue weighted by molar-refractivity contribution is 7.72. The molecule has 2 heterocycles. The second-order valence-corrected chi connectivity index (χ2v) is 18.4. The van der Waals surface area contributed by atoms with E-state index in [1.807, 2.05) is 0 Å². The van der Waals surface area contributed by atoms with Gasteiger partial charge in [0.15, 0.2) is 10.3 Å². The maximum Gasteiger partial charge on any atom is 0.369 e. The lowest BCUT2D eigenvalue weighted by Gasteiger charge is -2.29. The van der Waals surface area contributed by atoms with E-state index >= 15 is 0 Å². The number of thiazole rings is 2. The quantitative estimate of drug-likeness (QED) is 0.142.